The third-order valence-corrected chi connectivity index (χ3v) is 4.93. The highest BCUT2D eigenvalue weighted by Crippen LogP contribution is 2.33. The Labute approximate surface area is 146 Å². The van der Waals surface area contributed by atoms with Crippen molar-refractivity contribution in [3.63, 3.8) is 0 Å². The van der Waals surface area contributed by atoms with Gasteiger partial charge >= 0.3 is 12.0 Å². The van der Waals surface area contributed by atoms with Crippen LogP contribution in [0.4, 0.5) is 4.79 Å². The summed E-state index contributed by atoms with van der Waals surface area (Å²) in [6.07, 6.45) is 0.499. The van der Waals surface area contributed by atoms with Crippen LogP contribution in [-0.2, 0) is 4.79 Å². The maximum Gasteiger partial charge on any atom is 0.318 e. The summed E-state index contributed by atoms with van der Waals surface area (Å²) in [5.74, 6) is -0.417. The van der Waals surface area contributed by atoms with Crippen LogP contribution < -0.4 is 5.32 Å². The standard InChI is InChI=1S/C19H24N2O4/c1-11(2)16(17-12(3)14-6-4-5-7-15(14)25-17)20-19(24)21-9-8-13(10-21)18(22)23/h4-7,11,13,16H,8-10H2,1-3H3,(H,20,24)(H,22,23). The highest BCUT2D eigenvalue weighted by atomic mass is 16.4. The van der Waals surface area contributed by atoms with E-state index >= 15 is 0 Å². The molecule has 1 aliphatic rings. The van der Waals surface area contributed by atoms with Crippen molar-refractivity contribution in [1.29, 1.82) is 0 Å². The number of likely N-dealkylation sites (tertiary alicyclic amines) is 1. The quantitative estimate of drug-likeness (QED) is 0.888. The first kappa shape index (κ1) is 17.3. The van der Waals surface area contributed by atoms with Gasteiger partial charge in [-0.25, -0.2) is 4.79 Å². The fourth-order valence-corrected chi connectivity index (χ4v) is 3.40. The molecule has 6 heteroatoms. The number of rotatable bonds is 4. The minimum absolute atomic E-state index is 0.140. The molecule has 2 atom stereocenters. The Morgan fingerprint density at radius 2 is 2.04 bits per heavy atom. The maximum absolute atomic E-state index is 12.6. The van der Waals surface area contributed by atoms with Gasteiger partial charge in [0.05, 0.1) is 12.0 Å². The molecule has 2 amide bonds. The van der Waals surface area contributed by atoms with Crippen molar-refractivity contribution in [3.05, 3.63) is 35.6 Å². The average Bonchev–Trinajstić information content (AvgIpc) is 3.18. The molecular weight excluding hydrogens is 320 g/mol. The number of fused-ring (bicyclic) bond motifs is 1. The lowest BCUT2D eigenvalue weighted by atomic mass is 9.98. The molecule has 1 aliphatic heterocycles. The summed E-state index contributed by atoms with van der Waals surface area (Å²) in [5, 5.41) is 13.2. The molecule has 3 rings (SSSR count). The van der Waals surface area contributed by atoms with E-state index in [1.54, 1.807) is 4.90 Å². The van der Waals surface area contributed by atoms with Crippen molar-refractivity contribution in [2.75, 3.05) is 13.1 Å². The van der Waals surface area contributed by atoms with Crippen molar-refractivity contribution < 1.29 is 19.1 Å². The van der Waals surface area contributed by atoms with Crippen molar-refractivity contribution in [3.8, 4) is 0 Å². The number of carbonyl (C=O) groups excluding carboxylic acids is 1. The van der Waals surface area contributed by atoms with Gasteiger partial charge in [0.2, 0.25) is 0 Å². The second-order valence-electron chi connectivity index (χ2n) is 7.03. The number of carboxylic acids is 1. The third kappa shape index (κ3) is 3.34. The van der Waals surface area contributed by atoms with Crippen LogP contribution in [0.5, 0.6) is 0 Å². The summed E-state index contributed by atoms with van der Waals surface area (Å²) in [5.41, 5.74) is 1.83. The number of aliphatic carboxylic acids is 1. The average molecular weight is 344 g/mol. The van der Waals surface area contributed by atoms with Crippen LogP contribution in [0.15, 0.2) is 28.7 Å². The smallest absolute Gasteiger partial charge is 0.318 e. The number of nitrogens with one attached hydrogen (secondary N) is 1. The van der Waals surface area contributed by atoms with Gasteiger partial charge in [0.1, 0.15) is 11.3 Å². The zero-order valence-electron chi connectivity index (χ0n) is 14.8. The Bertz CT molecular complexity index is 796. The number of amides is 2. The Morgan fingerprint density at radius 1 is 1.32 bits per heavy atom. The molecule has 0 spiro atoms. The van der Waals surface area contributed by atoms with Crippen LogP contribution in [0, 0.1) is 18.8 Å². The summed E-state index contributed by atoms with van der Waals surface area (Å²) >= 11 is 0. The number of benzene rings is 1. The fourth-order valence-electron chi connectivity index (χ4n) is 3.40. The van der Waals surface area contributed by atoms with Crippen LogP contribution in [0.3, 0.4) is 0 Å². The van der Waals surface area contributed by atoms with E-state index in [1.807, 2.05) is 45.0 Å². The van der Waals surface area contributed by atoms with E-state index in [9.17, 15) is 9.59 Å². The molecule has 0 radical (unpaired) electrons. The highest BCUT2D eigenvalue weighted by Gasteiger charge is 2.33. The van der Waals surface area contributed by atoms with Gasteiger partial charge in [0.15, 0.2) is 0 Å². The Kier molecular flexibility index (Phi) is 4.70. The molecule has 0 saturated carbocycles. The van der Waals surface area contributed by atoms with Crippen LogP contribution in [0.2, 0.25) is 0 Å². The molecular formula is C19H24N2O4. The number of furan rings is 1. The molecule has 2 heterocycles. The molecule has 134 valence electrons. The molecule has 2 aromatic rings. The van der Waals surface area contributed by atoms with Gasteiger partial charge in [-0.2, -0.15) is 0 Å². The number of nitrogens with zero attached hydrogens (tertiary/aromatic N) is 1. The first-order valence-corrected chi connectivity index (χ1v) is 8.64. The summed E-state index contributed by atoms with van der Waals surface area (Å²) in [6, 6.07) is 7.33. The van der Waals surface area contributed by atoms with Gasteiger partial charge in [0, 0.05) is 24.0 Å². The number of carboxylic acid groups (broad SMARTS) is 1. The number of aryl methyl sites for hydroxylation is 1. The van der Waals surface area contributed by atoms with Crippen molar-refractivity contribution in [2.24, 2.45) is 11.8 Å². The van der Waals surface area contributed by atoms with Crippen LogP contribution in [-0.4, -0.2) is 35.1 Å². The van der Waals surface area contributed by atoms with Gasteiger partial charge in [-0.1, -0.05) is 32.0 Å². The van der Waals surface area contributed by atoms with E-state index in [0.29, 0.717) is 13.0 Å². The Hall–Kier alpha value is -2.50. The van der Waals surface area contributed by atoms with E-state index in [4.69, 9.17) is 9.52 Å². The van der Waals surface area contributed by atoms with E-state index in [2.05, 4.69) is 5.32 Å². The van der Waals surface area contributed by atoms with E-state index < -0.39 is 11.9 Å². The van der Waals surface area contributed by atoms with Crippen LogP contribution in [0.25, 0.3) is 11.0 Å². The molecule has 0 bridgehead atoms. The summed E-state index contributed by atoms with van der Waals surface area (Å²) in [7, 11) is 0. The van der Waals surface area contributed by atoms with Gasteiger partial charge in [-0.05, 0) is 25.3 Å². The number of hydrogen-bond acceptors (Lipinski definition) is 3. The van der Waals surface area contributed by atoms with E-state index in [0.717, 1.165) is 22.3 Å². The summed E-state index contributed by atoms with van der Waals surface area (Å²) < 4.78 is 6.02. The molecule has 25 heavy (non-hydrogen) atoms. The maximum atomic E-state index is 12.6. The number of carbonyl (C=O) groups is 2. The Morgan fingerprint density at radius 3 is 2.64 bits per heavy atom. The molecule has 1 fully saturated rings. The lowest BCUT2D eigenvalue weighted by molar-refractivity contribution is -0.141. The minimum atomic E-state index is -0.844. The summed E-state index contributed by atoms with van der Waals surface area (Å²) in [4.78, 5) is 25.3. The first-order valence-electron chi connectivity index (χ1n) is 8.64. The molecule has 1 aromatic carbocycles. The van der Waals surface area contributed by atoms with Gasteiger partial charge in [-0.15, -0.1) is 0 Å². The van der Waals surface area contributed by atoms with Crippen LogP contribution in [0.1, 0.15) is 37.6 Å². The second-order valence-corrected chi connectivity index (χ2v) is 7.03. The third-order valence-electron chi connectivity index (χ3n) is 4.93. The fraction of sp³-hybridized carbons (Fsp3) is 0.474. The van der Waals surface area contributed by atoms with Crippen molar-refractivity contribution >= 4 is 23.0 Å². The SMILES string of the molecule is Cc1c(C(NC(=O)N2CCC(C(=O)O)C2)C(C)C)oc2ccccc12. The zero-order valence-corrected chi connectivity index (χ0v) is 14.8. The molecule has 6 nitrogen and oxygen atoms in total. The first-order chi connectivity index (χ1) is 11.9. The van der Waals surface area contributed by atoms with Crippen molar-refractivity contribution in [2.45, 2.75) is 33.2 Å². The van der Waals surface area contributed by atoms with E-state index in [-0.39, 0.29) is 24.5 Å². The molecule has 2 unspecified atom stereocenters. The van der Waals surface area contributed by atoms with E-state index in [1.165, 1.54) is 0 Å². The highest BCUT2D eigenvalue weighted by molar-refractivity contribution is 5.83. The Balaban J connectivity index is 1.81. The van der Waals surface area contributed by atoms with Gasteiger partial charge in [-0.3, -0.25) is 4.79 Å². The van der Waals surface area contributed by atoms with Crippen molar-refractivity contribution in [1.82, 2.24) is 10.2 Å². The lowest BCUT2D eigenvalue weighted by Crippen LogP contribution is -2.42. The second kappa shape index (κ2) is 6.78. The number of para-hydroxylation sites is 1. The summed E-state index contributed by atoms with van der Waals surface area (Å²) in [6.45, 7) is 6.78. The lowest BCUT2D eigenvalue weighted by Gasteiger charge is -2.25. The normalized spacial score (nSPS) is 18.7. The zero-order chi connectivity index (χ0) is 18.1. The topological polar surface area (TPSA) is 82.8 Å². The monoisotopic (exact) mass is 344 g/mol. The minimum Gasteiger partial charge on any atom is -0.481 e. The van der Waals surface area contributed by atoms with Crippen LogP contribution >= 0.6 is 0 Å². The molecule has 1 saturated heterocycles. The number of hydrogen-bond donors (Lipinski definition) is 2. The number of urea groups is 1. The molecule has 0 aliphatic carbocycles. The predicted octanol–water partition coefficient (Wildman–Crippen LogP) is 3.55. The van der Waals surface area contributed by atoms with Gasteiger partial charge in [0.25, 0.3) is 0 Å². The molecule has 2 N–H and O–H groups in total. The predicted molar refractivity (Wildman–Crippen MR) is 94.4 cm³/mol. The molecule has 1 aromatic heterocycles. The van der Waals surface area contributed by atoms with Gasteiger partial charge < -0.3 is 19.7 Å². The largest absolute Gasteiger partial charge is 0.481 e.